The van der Waals surface area contributed by atoms with E-state index in [2.05, 4.69) is 15.6 Å². The Kier molecular flexibility index (Phi) is 7.08. The van der Waals surface area contributed by atoms with Crippen molar-refractivity contribution >= 4 is 11.8 Å². The largest absolute Gasteiger partial charge is 0.493 e. The number of benzene rings is 1. The topological polar surface area (TPSA) is 75.7 Å². The van der Waals surface area contributed by atoms with Crippen molar-refractivity contribution in [3.05, 3.63) is 47.7 Å². The highest BCUT2D eigenvalue weighted by molar-refractivity contribution is 5.73. The highest BCUT2D eigenvalue weighted by Gasteiger charge is 2.06. The first-order valence-electron chi connectivity index (χ1n) is 8.38. The smallest absolute Gasteiger partial charge is 0.315 e. The average molecular weight is 358 g/mol. The Balaban J connectivity index is 1.78. The quantitative estimate of drug-likeness (QED) is 0.757. The number of carbonyl (C=O) groups is 1. The van der Waals surface area contributed by atoms with E-state index in [1.54, 1.807) is 20.4 Å². The van der Waals surface area contributed by atoms with Gasteiger partial charge in [-0.25, -0.2) is 9.78 Å². The molecule has 0 radical (unpaired) electrons. The fraction of sp³-hybridized carbons (Fsp3) is 0.368. The van der Waals surface area contributed by atoms with Gasteiger partial charge in [0.25, 0.3) is 0 Å². The second kappa shape index (κ2) is 9.50. The third-order valence-corrected chi connectivity index (χ3v) is 3.87. The highest BCUT2D eigenvalue weighted by Crippen LogP contribution is 2.27. The number of amides is 2. The molecule has 1 heterocycles. The van der Waals surface area contributed by atoms with Gasteiger partial charge in [0.1, 0.15) is 5.82 Å². The van der Waals surface area contributed by atoms with Crippen molar-refractivity contribution in [2.45, 2.75) is 13.0 Å². The number of ether oxygens (including phenoxy) is 2. The first kappa shape index (κ1) is 19.4. The van der Waals surface area contributed by atoms with Crippen LogP contribution in [0.25, 0.3) is 0 Å². The molecule has 7 heteroatoms. The molecule has 2 amide bonds. The van der Waals surface area contributed by atoms with Crippen LogP contribution in [-0.4, -0.2) is 45.9 Å². The lowest BCUT2D eigenvalue weighted by Crippen LogP contribution is -2.36. The number of rotatable bonds is 8. The Morgan fingerprint density at radius 1 is 1.04 bits per heavy atom. The molecule has 0 unspecified atom stereocenters. The molecule has 0 aliphatic rings. The zero-order valence-electron chi connectivity index (χ0n) is 15.7. The Morgan fingerprint density at radius 2 is 1.81 bits per heavy atom. The number of nitrogens with zero attached hydrogens (tertiary/aromatic N) is 2. The normalized spacial score (nSPS) is 10.2. The summed E-state index contributed by atoms with van der Waals surface area (Å²) in [4.78, 5) is 18.1. The van der Waals surface area contributed by atoms with Crippen LogP contribution in [0.4, 0.5) is 10.6 Å². The van der Waals surface area contributed by atoms with E-state index in [-0.39, 0.29) is 6.03 Å². The van der Waals surface area contributed by atoms with Crippen molar-refractivity contribution in [1.82, 2.24) is 15.6 Å². The van der Waals surface area contributed by atoms with E-state index in [9.17, 15) is 4.79 Å². The van der Waals surface area contributed by atoms with Gasteiger partial charge in [-0.3, -0.25) is 0 Å². The van der Waals surface area contributed by atoms with E-state index in [4.69, 9.17) is 9.47 Å². The maximum absolute atomic E-state index is 12.0. The number of hydrogen-bond acceptors (Lipinski definition) is 5. The van der Waals surface area contributed by atoms with Crippen molar-refractivity contribution in [2.75, 3.05) is 39.8 Å². The Hall–Kier alpha value is -2.96. The summed E-state index contributed by atoms with van der Waals surface area (Å²) in [7, 11) is 7.07. The van der Waals surface area contributed by atoms with Crippen molar-refractivity contribution in [3.8, 4) is 11.5 Å². The van der Waals surface area contributed by atoms with Gasteiger partial charge in [-0.1, -0.05) is 6.07 Å². The molecular formula is C19H26N4O3. The zero-order chi connectivity index (χ0) is 18.9. The summed E-state index contributed by atoms with van der Waals surface area (Å²) >= 11 is 0. The lowest BCUT2D eigenvalue weighted by molar-refractivity contribution is 0.240. The van der Waals surface area contributed by atoms with Crippen LogP contribution in [-0.2, 0) is 13.0 Å². The molecule has 0 fully saturated rings. The first-order valence-corrected chi connectivity index (χ1v) is 8.38. The van der Waals surface area contributed by atoms with Crippen molar-refractivity contribution < 1.29 is 14.3 Å². The monoisotopic (exact) mass is 358 g/mol. The number of nitrogens with one attached hydrogen (secondary N) is 2. The molecule has 0 bridgehead atoms. The Bertz CT molecular complexity index is 734. The summed E-state index contributed by atoms with van der Waals surface area (Å²) in [6.07, 6.45) is 2.44. The van der Waals surface area contributed by atoms with E-state index in [1.165, 1.54) is 0 Å². The average Bonchev–Trinajstić information content (AvgIpc) is 2.66. The number of pyridine rings is 1. The molecule has 0 saturated carbocycles. The van der Waals surface area contributed by atoms with E-state index in [0.717, 1.165) is 16.9 Å². The summed E-state index contributed by atoms with van der Waals surface area (Å²) in [6.45, 7) is 0.978. The second-order valence-corrected chi connectivity index (χ2v) is 5.97. The fourth-order valence-corrected chi connectivity index (χ4v) is 2.42. The lowest BCUT2D eigenvalue weighted by atomic mass is 10.1. The molecule has 2 N–H and O–H groups in total. The summed E-state index contributed by atoms with van der Waals surface area (Å²) in [5, 5.41) is 5.71. The van der Waals surface area contributed by atoms with Gasteiger partial charge in [-0.2, -0.15) is 0 Å². The molecule has 2 aromatic rings. The van der Waals surface area contributed by atoms with Gasteiger partial charge in [0.15, 0.2) is 11.5 Å². The van der Waals surface area contributed by atoms with Crippen LogP contribution < -0.4 is 25.0 Å². The number of methoxy groups -OCH3 is 2. The van der Waals surface area contributed by atoms with E-state index >= 15 is 0 Å². The van der Waals surface area contributed by atoms with Crippen LogP contribution in [0.2, 0.25) is 0 Å². The van der Waals surface area contributed by atoms with Gasteiger partial charge in [-0.15, -0.1) is 0 Å². The Morgan fingerprint density at radius 3 is 2.50 bits per heavy atom. The van der Waals surface area contributed by atoms with Crippen molar-refractivity contribution in [2.24, 2.45) is 0 Å². The van der Waals surface area contributed by atoms with Gasteiger partial charge in [-0.05, 0) is 41.8 Å². The predicted octanol–water partition coefficient (Wildman–Crippen LogP) is 2.21. The van der Waals surface area contributed by atoms with Gasteiger partial charge in [0, 0.05) is 33.4 Å². The summed E-state index contributed by atoms with van der Waals surface area (Å²) in [5.74, 6) is 2.23. The molecule has 140 valence electrons. The van der Waals surface area contributed by atoms with Crippen LogP contribution in [0.15, 0.2) is 36.5 Å². The van der Waals surface area contributed by atoms with Crippen LogP contribution >= 0.6 is 0 Å². The maximum Gasteiger partial charge on any atom is 0.315 e. The molecule has 0 spiro atoms. The molecule has 1 aromatic heterocycles. The highest BCUT2D eigenvalue weighted by atomic mass is 16.5. The first-order chi connectivity index (χ1) is 12.5. The zero-order valence-corrected chi connectivity index (χ0v) is 15.7. The van der Waals surface area contributed by atoms with Gasteiger partial charge in [0.05, 0.1) is 14.2 Å². The summed E-state index contributed by atoms with van der Waals surface area (Å²) in [5.41, 5.74) is 2.06. The molecular weight excluding hydrogens is 332 g/mol. The SMILES string of the molecule is COc1ccc(CCNC(=O)NCc2ccnc(N(C)C)c2)cc1OC. The number of hydrogen-bond donors (Lipinski definition) is 2. The minimum absolute atomic E-state index is 0.200. The second-order valence-electron chi connectivity index (χ2n) is 5.97. The van der Waals surface area contributed by atoms with Gasteiger partial charge in [0.2, 0.25) is 0 Å². The van der Waals surface area contributed by atoms with Gasteiger partial charge < -0.3 is 25.0 Å². The van der Waals surface area contributed by atoms with Crippen LogP contribution in [0, 0.1) is 0 Å². The molecule has 26 heavy (non-hydrogen) atoms. The van der Waals surface area contributed by atoms with Crippen LogP contribution in [0.1, 0.15) is 11.1 Å². The summed E-state index contributed by atoms with van der Waals surface area (Å²) in [6, 6.07) is 9.37. The minimum Gasteiger partial charge on any atom is -0.493 e. The molecule has 2 rings (SSSR count). The number of anilines is 1. The minimum atomic E-state index is -0.200. The van der Waals surface area contributed by atoms with Crippen LogP contribution in [0.3, 0.4) is 0 Å². The predicted molar refractivity (Wildman–Crippen MR) is 102 cm³/mol. The van der Waals surface area contributed by atoms with Crippen LogP contribution in [0.5, 0.6) is 11.5 Å². The summed E-state index contributed by atoms with van der Waals surface area (Å²) < 4.78 is 10.5. The van der Waals surface area contributed by atoms with E-state index in [1.807, 2.05) is 49.3 Å². The molecule has 0 saturated heterocycles. The van der Waals surface area contributed by atoms with E-state index in [0.29, 0.717) is 31.0 Å². The standard InChI is InChI=1S/C19H26N4O3/c1-23(2)18-12-15(8-9-20-18)13-22-19(24)21-10-7-14-5-6-16(25-3)17(11-14)26-4/h5-6,8-9,11-12H,7,10,13H2,1-4H3,(H2,21,22,24). The maximum atomic E-state index is 12.0. The molecule has 0 atom stereocenters. The van der Waals surface area contributed by atoms with Gasteiger partial charge >= 0.3 is 6.03 Å². The lowest BCUT2D eigenvalue weighted by Gasteiger charge is -2.13. The Labute approximate surface area is 154 Å². The van der Waals surface area contributed by atoms with E-state index < -0.39 is 0 Å². The molecule has 0 aliphatic carbocycles. The van der Waals surface area contributed by atoms with Crippen molar-refractivity contribution in [1.29, 1.82) is 0 Å². The fourth-order valence-electron chi connectivity index (χ4n) is 2.42. The number of carbonyl (C=O) groups excluding carboxylic acids is 1. The molecule has 0 aliphatic heterocycles. The third-order valence-electron chi connectivity index (χ3n) is 3.87. The third kappa shape index (κ3) is 5.54. The molecule has 1 aromatic carbocycles. The number of urea groups is 1. The number of aromatic nitrogens is 1. The molecule has 7 nitrogen and oxygen atoms in total. The van der Waals surface area contributed by atoms with Crippen molar-refractivity contribution in [3.63, 3.8) is 0 Å².